The molecule has 0 aliphatic carbocycles. The topological polar surface area (TPSA) is 70.2 Å². The van der Waals surface area contributed by atoms with Gasteiger partial charge in [-0.3, -0.25) is 19.3 Å². The minimum Gasteiger partial charge on any atom is -0.496 e. The summed E-state index contributed by atoms with van der Waals surface area (Å²) in [5.41, 5.74) is 2.88. The summed E-state index contributed by atoms with van der Waals surface area (Å²) in [7, 11) is 1.59. The van der Waals surface area contributed by atoms with Crippen LogP contribution in [0.5, 0.6) is 5.75 Å². The van der Waals surface area contributed by atoms with E-state index < -0.39 is 11.1 Å². The summed E-state index contributed by atoms with van der Waals surface area (Å²) in [4.78, 5) is 43.3. The van der Waals surface area contributed by atoms with Crippen molar-refractivity contribution in [3.05, 3.63) is 64.6 Å². The molecule has 3 amide bonds. The van der Waals surface area contributed by atoms with Crippen molar-refractivity contribution in [1.82, 2.24) is 9.80 Å². The van der Waals surface area contributed by atoms with Crippen molar-refractivity contribution < 1.29 is 19.1 Å². The van der Waals surface area contributed by atoms with E-state index in [1.165, 1.54) is 0 Å². The van der Waals surface area contributed by atoms with Gasteiger partial charge in [0.05, 0.1) is 12.0 Å². The van der Waals surface area contributed by atoms with Crippen molar-refractivity contribution in [3.63, 3.8) is 0 Å². The lowest BCUT2D eigenvalue weighted by molar-refractivity contribution is -0.136. The van der Waals surface area contributed by atoms with E-state index >= 15 is 0 Å². The standard InChI is InChI=1S/C24H25N3O4S/c1-17-8-9-18(14-20(17)31-2)15-21-23(29)27(24(30)32-21)16-22(28)26-12-10-25(11-13-26)19-6-4-3-5-7-19/h3-9,14-15H,10-13,16H2,1-2H3/b21-15+. The van der Waals surface area contributed by atoms with Gasteiger partial charge < -0.3 is 14.5 Å². The van der Waals surface area contributed by atoms with Crippen LogP contribution < -0.4 is 9.64 Å². The molecule has 32 heavy (non-hydrogen) atoms. The fraction of sp³-hybridized carbons (Fsp3) is 0.292. The largest absolute Gasteiger partial charge is 0.496 e. The van der Waals surface area contributed by atoms with Crippen LogP contribution in [-0.2, 0) is 9.59 Å². The molecule has 8 heteroatoms. The van der Waals surface area contributed by atoms with Crippen LogP contribution >= 0.6 is 11.8 Å². The van der Waals surface area contributed by atoms with Gasteiger partial charge in [0.15, 0.2) is 0 Å². The number of carbonyl (C=O) groups excluding carboxylic acids is 3. The van der Waals surface area contributed by atoms with Gasteiger partial charge in [0.2, 0.25) is 5.91 Å². The van der Waals surface area contributed by atoms with Gasteiger partial charge in [-0.25, -0.2) is 0 Å². The van der Waals surface area contributed by atoms with Gasteiger partial charge >= 0.3 is 0 Å². The SMILES string of the molecule is COc1cc(/C=C2/SC(=O)N(CC(=O)N3CCN(c4ccccc4)CC3)C2=O)ccc1C. The van der Waals surface area contributed by atoms with Crippen LogP contribution in [0.4, 0.5) is 10.5 Å². The van der Waals surface area contributed by atoms with Crippen LogP contribution in [0.1, 0.15) is 11.1 Å². The number of nitrogens with zero attached hydrogens (tertiary/aromatic N) is 3. The molecule has 2 saturated heterocycles. The lowest BCUT2D eigenvalue weighted by Gasteiger charge is -2.36. The number of rotatable bonds is 5. The smallest absolute Gasteiger partial charge is 0.294 e. The number of hydrogen-bond donors (Lipinski definition) is 0. The van der Waals surface area contributed by atoms with E-state index in [-0.39, 0.29) is 12.5 Å². The summed E-state index contributed by atoms with van der Waals surface area (Å²) in [6.45, 7) is 4.25. The quantitative estimate of drug-likeness (QED) is 0.649. The number of piperazine rings is 1. The summed E-state index contributed by atoms with van der Waals surface area (Å²) < 4.78 is 5.32. The number of aryl methyl sites for hydroxylation is 1. The Labute approximate surface area is 191 Å². The maximum absolute atomic E-state index is 12.8. The van der Waals surface area contributed by atoms with Crippen LogP contribution in [0.25, 0.3) is 6.08 Å². The Morgan fingerprint density at radius 2 is 1.78 bits per heavy atom. The third-order valence-electron chi connectivity index (χ3n) is 5.65. The second-order valence-corrected chi connectivity index (χ2v) is 8.69. The van der Waals surface area contributed by atoms with E-state index in [1.54, 1.807) is 18.1 Å². The fourth-order valence-corrected chi connectivity index (χ4v) is 4.64. The normalized spacial score (nSPS) is 17.9. The van der Waals surface area contributed by atoms with Crippen LogP contribution in [0.2, 0.25) is 0 Å². The highest BCUT2D eigenvalue weighted by molar-refractivity contribution is 8.18. The van der Waals surface area contributed by atoms with E-state index in [9.17, 15) is 14.4 Å². The van der Waals surface area contributed by atoms with E-state index in [0.717, 1.165) is 33.5 Å². The molecule has 2 aromatic carbocycles. The molecule has 0 radical (unpaired) electrons. The molecule has 7 nitrogen and oxygen atoms in total. The number of ether oxygens (including phenoxy) is 1. The molecule has 0 unspecified atom stereocenters. The van der Waals surface area contributed by atoms with Gasteiger partial charge in [0, 0.05) is 31.9 Å². The predicted molar refractivity (Wildman–Crippen MR) is 126 cm³/mol. The Hall–Kier alpha value is -3.26. The van der Waals surface area contributed by atoms with Crippen LogP contribution in [0.15, 0.2) is 53.4 Å². The first-order valence-corrected chi connectivity index (χ1v) is 11.3. The second kappa shape index (κ2) is 9.48. The summed E-state index contributed by atoms with van der Waals surface area (Å²) in [6.07, 6.45) is 1.66. The second-order valence-electron chi connectivity index (χ2n) is 7.70. The molecule has 2 aliphatic rings. The average molecular weight is 452 g/mol. The van der Waals surface area contributed by atoms with Crippen molar-refractivity contribution in [2.45, 2.75) is 6.92 Å². The van der Waals surface area contributed by atoms with Gasteiger partial charge in [0.1, 0.15) is 12.3 Å². The zero-order chi connectivity index (χ0) is 22.7. The van der Waals surface area contributed by atoms with Crippen LogP contribution in [0.3, 0.4) is 0 Å². The summed E-state index contributed by atoms with van der Waals surface area (Å²) in [5.74, 6) is 0.0666. The number of para-hydroxylation sites is 1. The maximum atomic E-state index is 12.8. The Bertz CT molecular complexity index is 1060. The van der Waals surface area contributed by atoms with Crippen LogP contribution in [-0.4, -0.2) is 66.7 Å². The minimum atomic E-state index is -0.434. The molecule has 0 aromatic heterocycles. The molecule has 166 valence electrons. The van der Waals surface area contributed by atoms with Crippen molar-refractivity contribution in [3.8, 4) is 5.75 Å². The summed E-state index contributed by atoms with van der Waals surface area (Å²) >= 11 is 0.859. The number of carbonyl (C=O) groups is 3. The molecule has 0 atom stereocenters. The number of benzene rings is 2. The number of anilines is 1. The van der Waals surface area contributed by atoms with Gasteiger partial charge in [-0.15, -0.1) is 0 Å². The molecule has 2 heterocycles. The molecule has 0 saturated carbocycles. The van der Waals surface area contributed by atoms with Crippen molar-refractivity contribution >= 4 is 40.6 Å². The van der Waals surface area contributed by atoms with E-state index in [4.69, 9.17) is 4.74 Å². The zero-order valence-corrected chi connectivity index (χ0v) is 18.9. The third-order valence-corrected chi connectivity index (χ3v) is 6.56. The van der Waals surface area contributed by atoms with E-state index in [2.05, 4.69) is 4.90 Å². The first-order chi connectivity index (χ1) is 15.5. The Kier molecular flexibility index (Phi) is 6.50. The summed E-state index contributed by atoms with van der Waals surface area (Å²) in [5, 5.41) is -0.420. The van der Waals surface area contributed by atoms with Gasteiger partial charge in [-0.05, 0) is 54.1 Å². The molecule has 0 spiro atoms. The van der Waals surface area contributed by atoms with Crippen LogP contribution in [0, 0.1) is 6.92 Å². The predicted octanol–water partition coefficient (Wildman–Crippen LogP) is 3.39. The third kappa shape index (κ3) is 4.65. The fourth-order valence-electron chi connectivity index (χ4n) is 3.80. The number of imide groups is 1. The van der Waals surface area contributed by atoms with Gasteiger partial charge in [-0.2, -0.15) is 0 Å². The Morgan fingerprint density at radius 3 is 2.47 bits per heavy atom. The van der Waals surface area contributed by atoms with Gasteiger partial charge in [0.25, 0.3) is 11.1 Å². The van der Waals surface area contributed by atoms with Crippen molar-refractivity contribution in [2.24, 2.45) is 0 Å². The lowest BCUT2D eigenvalue weighted by Crippen LogP contribution is -2.51. The average Bonchev–Trinajstić information content (AvgIpc) is 3.08. The highest BCUT2D eigenvalue weighted by Crippen LogP contribution is 2.33. The number of hydrogen-bond acceptors (Lipinski definition) is 6. The first-order valence-electron chi connectivity index (χ1n) is 10.4. The monoisotopic (exact) mass is 451 g/mol. The maximum Gasteiger partial charge on any atom is 0.294 e. The number of thioether (sulfide) groups is 1. The zero-order valence-electron chi connectivity index (χ0n) is 18.1. The van der Waals surface area contributed by atoms with Crippen molar-refractivity contribution in [2.75, 3.05) is 44.7 Å². The highest BCUT2D eigenvalue weighted by Gasteiger charge is 2.37. The van der Waals surface area contributed by atoms with Gasteiger partial charge in [-0.1, -0.05) is 30.3 Å². The molecule has 2 aromatic rings. The highest BCUT2D eigenvalue weighted by atomic mass is 32.2. The first kappa shape index (κ1) is 22.0. The number of methoxy groups -OCH3 is 1. The Morgan fingerprint density at radius 1 is 1.06 bits per heavy atom. The molecule has 2 fully saturated rings. The number of amides is 3. The Balaban J connectivity index is 1.38. The molecule has 0 bridgehead atoms. The molecular formula is C24H25N3O4S. The van der Waals surface area contributed by atoms with Crippen molar-refractivity contribution in [1.29, 1.82) is 0 Å². The van der Waals surface area contributed by atoms with E-state index in [1.807, 2.05) is 55.5 Å². The molecule has 4 rings (SSSR count). The minimum absolute atomic E-state index is 0.210. The molecule has 2 aliphatic heterocycles. The lowest BCUT2D eigenvalue weighted by atomic mass is 10.1. The summed E-state index contributed by atoms with van der Waals surface area (Å²) in [6, 6.07) is 15.6. The molecular weight excluding hydrogens is 426 g/mol. The van der Waals surface area contributed by atoms with E-state index in [0.29, 0.717) is 36.8 Å². The molecule has 0 N–H and O–H groups in total.